The molecular formula is C24H29N5O3. The number of anilines is 1. The quantitative estimate of drug-likeness (QED) is 0.441. The molecule has 0 bridgehead atoms. The zero-order valence-corrected chi connectivity index (χ0v) is 18.3. The van der Waals surface area contributed by atoms with Crippen LogP contribution in [-0.4, -0.2) is 33.1 Å². The van der Waals surface area contributed by atoms with Crippen LogP contribution in [0.25, 0.3) is 0 Å². The maximum atomic E-state index is 13.0. The number of amides is 1. The normalized spacial score (nSPS) is 14.8. The summed E-state index contributed by atoms with van der Waals surface area (Å²) in [6, 6.07) is 13.2. The predicted molar refractivity (Wildman–Crippen MR) is 121 cm³/mol. The second-order valence-electron chi connectivity index (χ2n) is 8.01. The molecule has 2 aromatic carbocycles. The summed E-state index contributed by atoms with van der Waals surface area (Å²) in [6.07, 6.45) is 8.03. The van der Waals surface area contributed by atoms with Gasteiger partial charge < -0.3 is 14.8 Å². The van der Waals surface area contributed by atoms with E-state index in [4.69, 9.17) is 9.47 Å². The first-order chi connectivity index (χ1) is 15.7. The van der Waals surface area contributed by atoms with Gasteiger partial charge in [-0.2, -0.15) is 0 Å². The maximum Gasteiger partial charge on any atom is 0.255 e. The summed E-state index contributed by atoms with van der Waals surface area (Å²) in [5.41, 5.74) is 2.35. The van der Waals surface area contributed by atoms with E-state index in [1.807, 2.05) is 24.3 Å². The van der Waals surface area contributed by atoms with Crippen LogP contribution in [-0.2, 0) is 6.42 Å². The van der Waals surface area contributed by atoms with Crippen molar-refractivity contribution in [2.24, 2.45) is 0 Å². The van der Waals surface area contributed by atoms with Crippen LogP contribution >= 0.6 is 0 Å². The highest BCUT2D eigenvalue weighted by atomic mass is 16.6. The number of aromatic amines is 1. The molecule has 2 heterocycles. The van der Waals surface area contributed by atoms with Crippen molar-refractivity contribution in [2.45, 2.75) is 58.0 Å². The van der Waals surface area contributed by atoms with Crippen molar-refractivity contribution in [2.75, 3.05) is 11.9 Å². The lowest BCUT2D eigenvalue weighted by molar-refractivity contribution is 0.0856. The van der Waals surface area contributed by atoms with E-state index in [1.165, 1.54) is 37.7 Å². The molecule has 32 heavy (non-hydrogen) atoms. The molecule has 0 fully saturated rings. The molecule has 8 heteroatoms. The minimum Gasteiger partial charge on any atom is -0.485 e. The fourth-order valence-corrected chi connectivity index (χ4v) is 3.80. The van der Waals surface area contributed by atoms with Crippen LogP contribution in [0.3, 0.4) is 0 Å². The zero-order valence-electron chi connectivity index (χ0n) is 18.3. The number of aryl methyl sites for hydroxylation is 1. The molecule has 1 amide bonds. The Hall–Kier alpha value is -3.42. The first-order valence-electron chi connectivity index (χ1n) is 11.3. The first-order valence-corrected chi connectivity index (χ1v) is 11.3. The third-order valence-electron chi connectivity index (χ3n) is 5.55. The fraction of sp³-hybridized carbons (Fsp3) is 0.417. The van der Waals surface area contributed by atoms with Crippen LogP contribution in [0, 0.1) is 0 Å². The monoisotopic (exact) mass is 435 g/mol. The molecule has 0 radical (unpaired) electrons. The zero-order chi connectivity index (χ0) is 22.2. The Bertz CT molecular complexity index is 1020. The summed E-state index contributed by atoms with van der Waals surface area (Å²) in [7, 11) is 0. The molecule has 4 rings (SSSR count). The van der Waals surface area contributed by atoms with Gasteiger partial charge in [0.2, 0.25) is 0 Å². The van der Waals surface area contributed by atoms with Crippen molar-refractivity contribution in [3.05, 3.63) is 59.4 Å². The van der Waals surface area contributed by atoms with Gasteiger partial charge in [0.1, 0.15) is 6.61 Å². The van der Waals surface area contributed by atoms with Gasteiger partial charge in [0, 0.05) is 5.56 Å². The molecule has 8 nitrogen and oxygen atoms in total. The molecule has 2 N–H and O–H groups in total. The van der Waals surface area contributed by atoms with E-state index in [-0.39, 0.29) is 12.5 Å². The molecule has 168 valence electrons. The van der Waals surface area contributed by atoms with Gasteiger partial charge in [0.05, 0.1) is 5.69 Å². The van der Waals surface area contributed by atoms with E-state index < -0.39 is 6.10 Å². The molecule has 1 unspecified atom stereocenters. The summed E-state index contributed by atoms with van der Waals surface area (Å²) in [6.45, 7) is 2.51. The number of aromatic nitrogens is 4. The average molecular weight is 436 g/mol. The summed E-state index contributed by atoms with van der Waals surface area (Å²) in [4.78, 5) is 13.0. The van der Waals surface area contributed by atoms with Crippen LogP contribution in [0.1, 0.15) is 73.3 Å². The number of tetrazole rings is 1. The lowest BCUT2D eigenvalue weighted by Gasteiger charge is -2.26. The molecule has 1 aliphatic rings. The van der Waals surface area contributed by atoms with Crippen molar-refractivity contribution in [1.29, 1.82) is 0 Å². The van der Waals surface area contributed by atoms with Gasteiger partial charge in [-0.25, -0.2) is 5.10 Å². The van der Waals surface area contributed by atoms with Crippen molar-refractivity contribution < 1.29 is 14.3 Å². The van der Waals surface area contributed by atoms with Crippen LogP contribution in [0.5, 0.6) is 11.5 Å². The lowest BCUT2D eigenvalue weighted by Crippen LogP contribution is -2.24. The number of benzene rings is 2. The Balaban J connectivity index is 1.39. The smallest absolute Gasteiger partial charge is 0.255 e. The number of rotatable bonds is 10. The molecule has 1 atom stereocenters. The highest BCUT2D eigenvalue weighted by Crippen LogP contribution is 2.41. The third kappa shape index (κ3) is 5.43. The number of carbonyl (C=O) groups is 1. The summed E-state index contributed by atoms with van der Waals surface area (Å²) in [5, 5.41) is 16.7. The molecule has 0 spiro atoms. The van der Waals surface area contributed by atoms with E-state index in [9.17, 15) is 4.79 Å². The summed E-state index contributed by atoms with van der Waals surface area (Å²) in [5.74, 6) is 1.33. The number of nitrogens with zero attached hydrogens (tertiary/aromatic N) is 3. The number of ether oxygens (including phenoxy) is 2. The number of hydrogen-bond donors (Lipinski definition) is 2. The molecule has 0 aliphatic carbocycles. The lowest BCUT2D eigenvalue weighted by atomic mass is 10.0. The van der Waals surface area contributed by atoms with Crippen LogP contribution in [0.4, 0.5) is 5.69 Å². The second-order valence-corrected chi connectivity index (χ2v) is 8.01. The standard InChI is InChI=1S/C24H29N5O3/c1-2-3-4-5-6-7-10-17-11-8-12-18(15-17)24(30)25-19-13-9-14-20-22(19)32-21(16-31-20)23-26-28-29-27-23/h8-9,11-15,21H,2-7,10,16H2,1H3,(H,25,30)(H,26,27,28,29). The fourth-order valence-electron chi connectivity index (χ4n) is 3.80. The van der Waals surface area contributed by atoms with Gasteiger partial charge in [-0.05, 0) is 53.1 Å². The number of para-hydroxylation sites is 1. The Morgan fingerprint density at radius 3 is 2.81 bits per heavy atom. The Labute approximate surface area is 187 Å². The van der Waals surface area contributed by atoms with E-state index >= 15 is 0 Å². The topological polar surface area (TPSA) is 102 Å². The third-order valence-corrected chi connectivity index (χ3v) is 5.55. The molecule has 1 aliphatic heterocycles. The van der Waals surface area contributed by atoms with Gasteiger partial charge in [-0.1, -0.05) is 57.2 Å². The van der Waals surface area contributed by atoms with Gasteiger partial charge in [0.15, 0.2) is 23.4 Å². The van der Waals surface area contributed by atoms with E-state index in [0.717, 1.165) is 12.8 Å². The van der Waals surface area contributed by atoms with E-state index in [0.29, 0.717) is 28.6 Å². The number of nitrogens with one attached hydrogen (secondary N) is 2. The van der Waals surface area contributed by atoms with E-state index in [1.54, 1.807) is 12.1 Å². The summed E-state index contributed by atoms with van der Waals surface area (Å²) < 4.78 is 11.8. The first kappa shape index (κ1) is 21.8. The second kappa shape index (κ2) is 10.7. The summed E-state index contributed by atoms with van der Waals surface area (Å²) >= 11 is 0. The van der Waals surface area contributed by atoms with Crippen LogP contribution in [0.15, 0.2) is 42.5 Å². The van der Waals surface area contributed by atoms with E-state index in [2.05, 4.69) is 38.9 Å². The van der Waals surface area contributed by atoms with Gasteiger partial charge in [0.25, 0.3) is 5.91 Å². The molecule has 1 aromatic heterocycles. The van der Waals surface area contributed by atoms with Gasteiger partial charge >= 0.3 is 0 Å². The largest absolute Gasteiger partial charge is 0.485 e. The molecule has 0 saturated carbocycles. The Kier molecular flexibility index (Phi) is 7.32. The van der Waals surface area contributed by atoms with Crippen LogP contribution < -0.4 is 14.8 Å². The minimum atomic E-state index is -0.476. The van der Waals surface area contributed by atoms with Crippen LogP contribution in [0.2, 0.25) is 0 Å². The minimum absolute atomic E-state index is 0.185. The molecule has 3 aromatic rings. The van der Waals surface area contributed by atoms with Crippen molar-refractivity contribution in [3.63, 3.8) is 0 Å². The Morgan fingerprint density at radius 2 is 1.97 bits per heavy atom. The predicted octanol–water partition coefficient (Wildman–Crippen LogP) is 4.87. The van der Waals surface area contributed by atoms with Gasteiger partial charge in [-0.15, -0.1) is 5.10 Å². The number of unbranched alkanes of at least 4 members (excludes halogenated alkanes) is 5. The maximum absolute atomic E-state index is 13.0. The van der Waals surface area contributed by atoms with Crippen molar-refractivity contribution >= 4 is 11.6 Å². The highest BCUT2D eigenvalue weighted by molar-refractivity contribution is 6.05. The number of carbonyl (C=O) groups excluding carboxylic acids is 1. The van der Waals surface area contributed by atoms with Gasteiger partial charge in [-0.3, -0.25) is 4.79 Å². The SMILES string of the molecule is CCCCCCCCc1cccc(C(=O)Nc2cccc3c2OC(c2nnn[nH]2)CO3)c1. The molecule has 0 saturated heterocycles. The average Bonchev–Trinajstić information content (AvgIpc) is 3.36. The van der Waals surface area contributed by atoms with Crippen molar-refractivity contribution in [1.82, 2.24) is 20.6 Å². The number of fused-ring (bicyclic) bond motifs is 1. The Morgan fingerprint density at radius 1 is 1.12 bits per heavy atom. The van der Waals surface area contributed by atoms with Crippen molar-refractivity contribution in [3.8, 4) is 11.5 Å². The number of H-pyrrole nitrogens is 1. The molecular weight excluding hydrogens is 406 g/mol. The number of hydrogen-bond acceptors (Lipinski definition) is 6. The highest BCUT2D eigenvalue weighted by Gasteiger charge is 2.28.